The minimum absolute atomic E-state index is 0.00630. The molecule has 17 heteroatoms. The van der Waals surface area contributed by atoms with E-state index in [1.165, 1.54) is 6.92 Å². The van der Waals surface area contributed by atoms with E-state index >= 15 is 0 Å². The van der Waals surface area contributed by atoms with E-state index in [2.05, 4.69) is 32.3 Å². The maximum atomic E-state index is 11.9. The fraction of sp³-hybridized carbons (Fsp3) is 0.714. The number of alkyl carbamates (subject to hydrolysis) is 1. The zero-order valence-electron chi connectivity index (χ0n) is 26.3. The van der Waals surface area contributed by atoms with Crippen LogP contribution in [0.3, 0.4) is 0 Å². The molecule has 3 aliphatic rings. The first kappa shape index (κ1) is 37.1. The largest absolute Gasteiger partial charge is 0.450 e. The van der Waals surface area contributed by atoms with Crippen LogP contribution in [0, 0.1) is 5.92 Å². The summed E-state index contributed by atoms with van der Waals surface area (Å²) in [6.45, 7) is 10.4. The van der Waals surface area contributed by atoms with Crippen LogP contribution in [0.5, 0.6) is 0 Å². The molecule has 0 aliphatic carbocycles. The Balaban J connectivity index is 0.000000330. The number of nitrogens with zero attached hydrogens (tertiary/aromatic N) is 4. The maximum Gasteiger partial charge on any atom is 0.407 e. The molecule has 3 fully saturated rings. The molecule has 3 heterocycles. The van der Waals surface area contributed by atoms with E-state index < -0.39 is 47.7 Å². The zero-order chi connectivity index (χ0) is 33.5. The maximum absolute atomic E-state index is 11.9. The molecule has 0 radical (unpaired) electrons. The highest BCUT2D eigenvalue weighted by Gasteiger charge is 2.35. The highest BCUT2D eigenvalue weighted by atomic mass is 16.7. The molecule has 1 unspecified atom stereocenters. The molecular weight excluding hydrogens is 596 g/mol. The number of hydrogen-bond donors (Lipinski definition) is 2. The zero-order valence-corrected chi connectivity index (χ0v) is 26.3. The van der Waals surface area contributed by atoms with Gasteiger partial charge in [-0.05, 0) is 25.8 Å². The molecule has 45 heavy (non-hydrogen) atoms. The molecule has 3 aliphatic heterocycles. The second-order valence-electron chi connectivity index (χ2n) is 11.2. The number of hydrogen-bond acceptors (Lipinski definition) is 13. The van der Waals surface area contributed by atoms with Crippen molar-refractivity contribution >= 4 is 47.6 Å². The van der Waals surface area contributed by atoms with Crippen LogP contribution in [0.1, 0.15) is 65.7 Å². The van der Waals surface area contributed by atoms with E-state index in [1.807, 2.05) is 13.8 Å². The Hall–Kier alpha value is -4.12. The summed E-state index contributed by atoms with van der Waals surface area (Å²) in [5, 5.41) is 5.86. The number of imide groups is 2. The number of ether oxygens (including phenoxy) is 1. The molecule has 0 saturated carbocycles. The Morgan fingerprint density at radius 2 is 1.36 bits per heavy atom. The molecule has 3 saturated heterocycles. The fourth-order valence-corrected chi connectivity index (χ4v) is 4.39. The van der Waals surface area contributed by atoms with Crippen molar-refractivity contribution in [1.29, 1.82) is 0 Å². The van der Waals surface area contributed by atoms with Crippen LogP contribution in [-0.4, -0.2) is 126 Å². The van der Waals surface area contributed by atoms with Crippen LogP contribution in [0.4, 0.5) is 4.79 Å². The molecule has 0 aromatic rings. The lowest BCUT2D eigenvalue weighted by Gasteiger charge is -2.32. The van der Waals surface area contributed by atoms with Gasteiger partial charge in [-0.15, -0.1) is 10.1 Å². The van der Waals surface area contributed by atoms with E-state index in [-0.39, 0.29) is 50.5 Å². The predicted molar refractivity (Wildman–Crippen MR) is 154 cm³/mol. The number of piperazine rings is 1. The van der Waals surface area contributed by atoms with Crippen molar-refractivity contribution in [3.63, 3.8) is 0 Å². The summed E-state index contributed by atoms with van der Waals surface area (Å²) in [6, 6.07) is -0.862. The Kier molecular flexibility index (Phi) is 15.3. The highest BCUT2D eigenvalue weighted by molar-refractivity contribution is 6.02. The molecule has 2 N–H and O–H groups in total. The second kappa shape index (κ2) is 18.6. The highest BCUT2D eigenvalue weighted by Crippen LogP contribution is 2.15. The second-order valence-corrected chi connectivity index (χ2v) is 11.2. The molecular formula is C28H44N6O11. The van der Waals surface area contributed by atoms with Crippen LogP contribution < -0.4 is 10.6 Å². The average Bonchev–Trinajstić information content (AvgIpc) is 3.46. The predicted octanol–water partition coefficient (Wildman–Crippen LogP) is -0.508. The van der Waals surface area contributed by atoms with Gasteiger partial charge < -0.3 is 34.8 Å². The monoisotopic (exact) mass is 640 g/mol. The van der Waals surface area contributed by atoms with Crippen molar-refractivity contribution in [2.45, 2.75) is 71.8 Å². The first-order valence-electron chi connectivity index (χ1n) is 15.0. The van der Waals surface area contributed by atoms with E-state index in [0.29, 0.717) is 23.2 Å². The van der Waals surface area contributed by atoms with E-state index in [0.717, 1.165) is 39.1 Å². The van der Waals surface area contributed by atoms with Crippen molar-refractivity contribution in [2.24, 2.45) is 5.92 Å². The first-order valence-corrected chi connectivity index (χ1v) is 15.0. The van der Waals surface area contributed by atoms with Crippen LogP contribution in [0.25, 0.3) is 0 Å². The lowest BCUT2D eigenvalue weighted by atomic mass is 10.0. The number of nitrogens with one attached hydrogen (secondary N) is 2. The van der Waals surface area contributed by atoms with Crippen LogP contribution >= 0.6 is 0 Å². The topological polar surface area (TPSA) is 201 Å². The fourth-order valence-electron chi connectivity index (χ4n) is 4.39. The van der Waals surface area contributed by atoms with Gasteiger partial charge in [-0.1, -0.05) is 13.8 Å². The normalized spacial score (nSPS) is 18.0. The number of amides is 6. The summed E-state index contributed by atoms with van der Waals surface area (Å²) in [5.41, 5.74) is 0. The lowest BCUT2D eigenvalue weighted by molar-refractivity contribution is -0.199. The SMILES string of the molecule is CC(=O)NC(CC(C)C)C(=O)ON1C(=O)CCC1=O.CN1CCN(CCCOC(=O)NCCC(=O)ON2C(=O)CCC2=O)CC1. The number of carbonyl (C=O) groups is 8. The standard InChI is InChI=1S/C16H26N4O6.C12H18N2O5/c1-18-8-10-19(11-9-18)7-2-12-25-16(24)17-6-5-15(23)26-20-13(21)3-4-14(20)22;1-7(2)6-9(13-8(3)15)12(18)19-14-10(16)4-5-11(14)17/h2-12H2,1H3,(H,17,24);7,9H,4-6H2,1-3H3,(H,13,15). The number of hydroxylamine groups is 4. The van der Waals surface area contributed by atoms with Gasteiger partial charge in [0, 0.05) is 71.9 Å². The number of likely N-dealkylation sites (N-methyl/N-ethyl adjacent to an activating group) is 1. The minimum atomic E-state index is -0.862. The molecule has 0 aromatic carbocycles. The van der Waals surface area contributed by atoms with Gasteiger partial charge in [-0.2, -0.15) is 0 Å². The van der Waals surface area contributed by atoms with Crippen LogP contribution in [0.2, 0.25) is 0 Å². The summed E-state index contributed by atoms with van der Waals surface area (Å²) < 4.78 is 5.05. The van der Waals surface area contributed by atoms with Gasteiger partial charge in [0.2, 0.25) is 5.91 Å². The Labute approximate surface area is 261 Å². The molecule has 17 nitrogen and oxygen atoms in total. The number of rotatable bonds is 13. The van der Waals surface area contributed by atoms with E-state index in [4.69, 9.17) is 9.57 Å². The van der Waals surface area contributed by atoms with Crippen molar-refractivity contribution < 1.29 is 52.8 Å². The first-order chi connectivity index (χ1) is 21.3. The van der Waals surface area contributed by atoms with Gasteiger partial charge in [0.1, 0.15) is 6.04 Å². The van der Waals surface area contributed by atoms with Gasteiger partial charge in [-0.3, -0.25) is 24.0 Å². The smallest absolute Gasteiger partial charge is 0.407 e. The lowest BCUT2D eigenvalue weighted by Crippen LogP contribution is -2.45. The van der Waals surface area contributed by atoms with Crippen molar-refractivity contribution in [2.75, 3.05) is 52.9 Å². The van der Waals surface area contributed by atoms with Gasteiger partial charge in [0.15, 0.2) is 0 Å². The Bertz CT molecular complexity index is 1070. The van der Waals surface area contributed by atoms with Crippen molar-refractivity contribution in [1.82, 2.24) is 30.6 Å². The Morgan fingerprint density at radius 1 is 0.822 bits per heavy atom. The molecule has 252 valence electrons. The third-order valence-electron chi connectivity index (χ3n) is 6.80. The van der Waals surface area contributed by atoms with Crippen molar-refractivity contribution in [3.8, 4) is 0 Å². The minimum Gasteiger partial charge on any atom is -0.450 e. The summed E-state index contributed by atoms with van der Waals surface area (Å²) >= 11 is 0. The third-order valence-corrected chi connectivity index (χ3v) is 6.80. The van der Waals surface area contributed by atoms with E-state index in [9.17, 15) is 38.4 Å². The molecule has 1 atom stereocenters. The molecule has 6 amide bonds. The molecule has 3 rings (SSSR count). The van der Waals surface area contributed by atoms with Crippen LogP contribution in [-0.2, 0) is 48.0 Å². The van der Waals surface area contributed by atoms with Gasteiger partial charge >= 0.3 is 18.0 Å². The average molecular weight is 641 g/mol. The van der Waals surface area contributed by atoms with Crippen molar-refractivity contribution in [3.05, 3.63) is 0 Å². The summed E-state index contributed by atoms with van der Waals surface area (Å²) in [5.74, 6) is -3.92. The third kappa shape index (κ3) is 13.6. The van der Waals surface area contributed by atoms with Crippen LogP contribution in [0.15, 0.2) is 0 Å². The van der Waals surface area contributed by atoms with Gasteiger partial charge in [0.05, 0.1) is 13.0 Å². The van der Waals surface area contributed by atoms with Gasteiger partial charge in [-0.25, -0.2) is 14.4 Å². The summed E-state index contributed by atoms with van der Waals surface area (Å²) in [7, 11) is 2.10. The molecule has 0 bridgehead atoms. The molecule has 0 spiro atoms. The summed E-state index contributed by atoms with van der Waals surface area (Å²) in [6.07, 6.45) is 0.530. The van der Waals surface area contributed by atoms with E-state index in [1.54, 1.807) is 0 Å². The van der Waals surface area contributed by atoms with Gasteiger partial charge in [0.25, 0.3) is 23.6 Å². The quantitative estimate of drug-likeness (QED) is 0.193. The number of carbonyl (C=O) groups excluding carboxylic acids is 8. The summed E-state index contributed by atoms with van der Waals surface area (Å²) in [4.78, 5) is 105. The Morgan fingerprint density at radius 3 is 1.87 bits per heavy atom. The molecule has 0 aromatic heterocycles.